The molecule has 4 aromatic rings. The van der Waals surface area contributed by atoms with Crippen molar-refractivity contribution in [2.45, 2.75) is 0 Å². The van der Waals surface area contributed by atoms with E-state index in [0.717, 1.165) is 11.3 Å². The molecular formula is C17H10ClN3OS. The molecule has 0 N–H and O–H groups in total. The lowest BCUT2D eigenvalue weighted by atomic mass is 10.1. The maximum absolute atomic E-state index is 12.9. The van der Waals surface area contributed by atoms with Crippen LogP contribution in [0.15, 0.2) is 60.9 Å². The summed E-state index contributed by atoms with van der Waals surface area (Å²) in [5.74, 6) is -0.0576. The van der Waals surface area contributed by atoms with Crippen LogP contribution in [0.4, 0.5) is 0 Å². The number of fused-ring (bicyclic) bond motifs is 1. The summed E-state index contributed by atoms with van der Waals surface area (Å²) < 4.78 is 1.71. The van der Waals surface area contributed by atoms with Crippen molar-refractivity contribution >= 4 is 33.7 Å². The Balaban J connectivity index is 1.91. The number of hydrogen-bond donors (Lipinski definition) is 0. The summed E-state index contributed by atoms with van der Waals surface area (Å²) in [5.41, 5.74) is 2.29. The van der Waals surface area contributed by atoms with Gasteiger partial charge in [-0.2, -0.15) is 5.10 Å². The summed E-state index contributed by atoms with van der Waals surface area (Å²) >= 11 is 7.24. The summed E-state index contributed by atoms with van der Waals surface area (Å²) in [6.45, 7) is 0. The normalized spacial score (nSPS) is 11.0. The number of halogens is 1. The van der Waals surface area contributed by atoms with Crippen LogP contribution in [-0.4, -0.2) is 20.4 Å². The van der Waals surface area contributed by atoms with Gasteiger partial charge in [0.1, 0.15) is 11.2 Å². The van der Waals surface area contributed by atoms with Crippen LogP contribution in [0.2, 0.25) is 5.02 Å². The van der Waals surface area contributed by atoms with Gasteiger partial charge in [0.2, 0.25) is 10.7 Å². The first kappa shape index (κ1) is 14.1. The van der Waals surface area contributed by atoms with Crippen LogP contribution in [0.1, 0.15) is 15.2 Å². The Morgan fingerprint density at radius 1 is 1.04 bits per heavy atom. The van der Waals surface area contributed by atoms with Gasteiger partial charge in [-0.05, 0) is 24.3 Å². The van der Waals surface area contributed by atoms with Crippen LogP contribution in [0.5, 0.6) is 0 Å². The minimum atomic E-state index is -0.0576. The lowest BCUT2D eigenvalue weighted by Gasteiger charge is -2.04. The van der Waals surface area contributed by atoms with Crippen LogP contribution in [0.25, 0.3) is 16.2 Å². The molecule has 0 bridgehead atoms. The Morgan fingerprint density at radius 2 is 1.78 bits per heavy atom. The topological polar surface area (TPSA) is 47.3 Å². The van der Waals surface area contributed by atoms with Crippen molar-refractivity contribution < 1.29 is 4.79 Å². The molecule has 0 atom stereocenters. The van der Waals surface area contributed by atoms with Crippen molar-refractivity contribution in [1.29, 1.82) is 0 Å². The second kappa shape index (κ2) is 5.61. The van der Waals surface area contributed by atoms with E-state index in [2.05, 4.69) is 10.1 Å². The van der Waals surface area contributed by atoms with Crippen LogP contribution in [0, 0.1) is 0 Å². The SMILES string of the molecule is O=C(c1ccc(Cl)cc1)c1sc2ncnn2c1-c1ccccc1. The fourth-order valence-corrected chi connectivity index (χ4v) is 3.57. The van der Waals surface area contributed by atoms with Gasteiger partial charge in [0.25, 0.3) is 0 Å². The van der Waals surface area contributed by atoms with Crippen LogP contribution < -0.4 is 0 Å². The lowest BCUT2D eigenvalue weighted by Crippen LogP contribution is -2.02. The average molecular weight is 340 g/mol. The van der Waals surface area contributed by atoms with Gasteiger partial charge in [-0.3, -0.25) is 4.79 Å². The quantitative estimate of drug-likeness (QED) is 0.521. The highest BCUT2D eigenvalue weighted by Crippen LogP contribution is 2.32. The molecule has 0 unspecified atom stereocenters. The van der Waals surface area contributed by atoms with Crippen molar-refractivity contribution in [2.24, 2.45) is 0 Å². The third kappa shape index (κ3) is 2.44. The smallest absolute Gasteiger partial charge is 0.213 e. The Kier molecular flexibility index (Phi) is 3.44. The average Bonchev–Trinajstić information content (AvgIpc) is 3.16. The summed E-state index contributed by atoms with van der Waals surface area (Å²) in [6.07, 6.45) is 1.49. The van der Waals surface area contributed by atoms with E-state index < -0.39 is 0 Å². The predicted molar refractivity (Wildman–Crippen MR) is 91.2 cm³/mol. The molecular weight excluding hydrogens is 330 g/mol. The third-order valence-electron chi connectivity index (χ3n) is 3.50. The zero-order chi connectivity index (χ0) is 15.8. The van der Waals surface area contributed by atoms with Gasteiger partial charge >= 0.3 is 0 Å². The highest BCUT2D eigenvalue weighted by atomic mass is 35.5. The molecule has 0 fully saturated rings. The second-order valence-electron chi connectivity index (χ2n) is 4.94. The predicted octanol–water partition coefficient (Wildman–Crippen LogP) is 4.34. The van der Waals surface area contributed by atoms with Gasteiger partial charge in [0, 0.05) is 16.1 Å². The molecule has 4 rings (SSSR count). The third-order valence-corrected chi connectivity index (χ3v) is 4.79. The molecule has 2 aromatic carbocycles. The first-order valence-corrected chi connectivity index (χ1v) is 8.12. The highest BCUT2D eigenvalue weighted by molar-refractivity contribution is 7.19. The fraction of sp³-hybridized carbons (Fsp3) is 0. The van der Waals surface area contributed by atoms with Crippen molar-refractivity contribution in [3.63, 3.8) is 0 Å². The van der Waals surface area contributed by atoms with E-state index in [1.165, 1.54) is 17.7 Å². The number of carbonyl (C=O) groups is 1. The van der Waals surface area contributed by atoms with Gasteiger partial charge in [0.15, 0.2) is 0 Å². The van der Waals surface area contributed by atoms with E-state index in [1.807, 2.05) is 30.3 Å². The summed E-state index contributed by atoms with van der Waals surface area (Å²) in [4.78, 5) is 18.4. The van der Waals surface area contributed by atoms with Gasteiger partial charge < -0.3 is 0 Å². The molecule has 0 radical (unpaired) electrons. The molecule has 4 nitrogen and oxygen atoms in total. The fourth-order valence-electron chi connectivity index (χ4n) is 2.43. The Bertz CT molecular complexity index is 990. The van der Waals surface area contributed by atoms with Crippen LogP contribution in [-0.2, 0) is 0 Å². The molecule has 23 heavy (non-hydrogen) atoms. The highest BCUT2D eigenvalue weighted by Gasteiger charge is 2.22. The molecule has 112 valence electrons. The molecule has 2 aromatic heterocycles. The zero-order valence-corrected chi connectivity index (χ0v) is 13.4. The van der Waals surface area contributed by atoms with Gasteiger partial charge in [-0.15, -0.1) is 0 Å². The van der Waals surface area contributed by atoms with Gasteiger partial charge in [-0.25, -0.2) is 9.50 Å². The monoisotopic (exact) mass is 339 g/mol. The van der Waals surface area contributed by atoms with Crippen molar-refractivity contribution in [1.82, 2.24) is 14.6 Å². The Hall–Kier alpha value is -2.50. The van der Waals surface area contributed by atoms with E-state index in [1.54, 1.807) is 28.8 Å². The largest absolute Gasteiger partial charge is 0.288 e. The number of ketones is 1. The van der Waals surface area contributed by atoms with E-state index in [0.29, 0.717) is 20.4 Å². The molecule has 2 heterocycles. The number of nitrogens with zero attached hydrogens (tertiary/aromatic N) is 3. The van der Waals surface area contributed by atoms with Crippen molar-refractivity contribution in [3.8, 4) is 11.3 Å². The zero-order valence-electron chi connectivity index (χ0n) is 11.8. The van der Waals surface area contributed by atoms with Crippen molar-refractivity contribution in [3.05, 3.63) is 76.4 Å². The minimum absolute atomic E-state index is 0.0576. The molecule has 0 aliphatic rings. The Labute approximate surface area is 141 Å². The first-order valence-electron chi connectivity index (χ1n) is 6.92. The van der Waals surface area contributed by atoms with Gasteiger partial charge in [0.05, 0.1) is 5.69 Å². The number of aromatic nitrogens is 3. The van der Waals surface area contributed by atoms with Gasteiger partial charge in [-0.1, -0.05) is 53.3 Å². The molecule has 0 amide bonds. The van der Waals surface area contributed by atoms with E-state index >= 15 is 0 Å². The summed E-state index contributed by atoms with van der Waals surface area (Å²) in [6, 6.07) is 16.6. The standard InChI is InChI=1S/C17H10ClN3OS/c18-13-8-6-12(7-9-13)15(22)16-14(11-4-2-1-3-5-11)21-17(23-16)19-10-20-21/h1-10H. The lowest BCUT2D eigenvalue weighted by molar-refractivity contribution is 0.104. The second-order valence-corrected chi connectivity index (χ2v) is 6.35. The molecule has 0 aliphatic heterocycles. The number of thiazole rings is 1. The molecule has 0 saturated carbocycles. The van der Waals surface area contributed by atoms with E-state index in [-0.39, 0.29) is 5.78 Å². The van der Waals surface area contributed by atoms with Crippen LogP contribution >= 0.6 is 22.9 Å². The first-order chi connectivity index (χ1) is 11.2. The number of rotatable bonds is 3. The Morgan fingerprint density at radius 3 is 2.52 bits per heavy atom. The van der Waals surface area contributed by atoms with Crippen LogP contribution in [0.3, 0.4) is 0 Å². The summed E-state index contributed by atoms with van der Waals surface area (Å²) in [7, 11) is 0. The van der Waals surface area contributed by atoms with Crippen molar-refractivity contribution in [2.75, 3.05) is 0 Å². The summed E-state index contributed by atoms with van der Waals surface area (Å²) in [5, 5.41) is 4.85. The molecule has 0 spiro atoms. The van der Waals surface area contributed by atoms with E-state index in [9.17, 15) is 4.79 Å². The molecule has 0 aliphatic carbocycles. The molecule has 0 saturated heterocycles. The minimum Gasteiger partial charge on any atom is -0.288 e. The van der Waals surface area contributed by atoms with E-state index in [4.69, 9.17) is 11.6 Å². The maximum Gasteiger partial charge on any atom is 0.213 e. The number of hydrogen-bond acceptors (Lipinski definition) is 4. The maximum atomic E-state index is 12.9. The number of carbonyl (C=O) groups excluding carboxylic acids is 1. The number of benzene rings is 2. The molecule has 6 heteroatoms.